The molecule has 2 heterocycles. The van der Waals surface area contributed by atoms with Crippen molar-refractivity contribution in [2.45, 2.75) is 6.42 Å². The number of carbonyl (C=O) groups is 1. The highest BCUT2D eigenvalue weighted by atomic mass is 35.5. The molecule has 4 rings (SSSR count). The van der Waals surface area contributed by atoms with Gasteiger partial charge in [-0.1, -0.05) is 41.9 Å². The van der Waals surface area contributed by atoms with Crippen LogP contribution in [0.15, 0.2) is 47.8 Å². The number of benzene rings is 2. The van der Waals surface area contributed by atoms with E-state index in [2.05, 4.69) is 10.3 Å². The summed E-state index contributed by atoms with van der Waals surface area (Å²) < 4.78 is 11.2. The molecule has 1 N–H and O–H groups in total. The number of hydrogen-bond acceptors (Lipinski definition) is 5. The number of hydrogen-bond donors (Lipinski definition) is 1. The summed E-state index contributed by atoms with van der Waals surface area (Å²) in [5.41, 5.74) is 2.22. The summed E-state index contributed by atoms with van der Waals surface area (Å²) in [5.74, 6) is 0.683. The molecule has 2 aromatic carbocycles. The molecule has 0 bridgehead atoms. The van der Waals surface area contributed by atoms with E-state index in [9.17, 15) is 4.79 Å². The van der Waals surface area contributed by atoms with Gasteiger partial charge in [0.25, 0.3) is 5.91 Å². The Balaban J connectivity index is 1.55. The second kappa shape index (κ2) is 7.35. The molecule has 1 aromatic heterocycles. The Labute approximate surface area is 159 Å². The van der Waals surface area contributed by atoms with E-state index in [1.165, 1.54) is 11.3 Å². The zero-order valence-corrected chi connectivity index (χ0v) is 15.3. The molecule has 1 amide bonds. The van der Waals surface area contributed by atoms with Crippen LogP contribution in [0.5, 0.6) is 11.5 Å². The SMILES string of the molecule is O=C(Nc1nc(-c2ccccc2)cs1)c1cc(Cl)c2c(c1)OCCCO2. The lowest BCUT2D eigenvalue weighted by molar-refractivity contribution is 0.102. The Morgan fingerprint density at radius 2 is 1.96 bits per heavy atom. The van der Waals surface area contributed by atoms with E-state index >= 15 is 0 Å². The molecule has 0 unspecified atom stereocenters. The van der Waals surface area contributed by atoms with Crippen LogP contribution in [0.2, 0.25) is 5.02 Å². The monoisotopic (exact) mass is 386 g/mol. The van der Waals surface area contributed by atoms with Crippen molar-refractivity contribution in [2.24, 2.45) is 0 Å². The van der Waals surface area contributed by atoms with Crippen LogP contribution >= 0.6 is 22.9 Å². The molecule has 0 aliphatic carbocycles. The first-order valence-corrected chi connectivity index (χ1v) is 9.38. The van der Waals surface area contributed by atoms with Crippen LogP contribution in [0.25, 0.3) is 11.3 Å². The molecule has 26 heavy (non-hydrogen) atoms. The van der Waals surface area contributed by atoms with Crippen LogP contribution in [0.1, 0.15) is 16.8 Å². The van der Waals surface area contributed by atoms with Crippen LogP contribution in [0.3, 0.4) is 0 Å². The number of amides is 1. The number of ether oxygens (including phenoxy) is 2. The fourth-order valence-corrected chi connectivity index (χ4v) is 3.58. The van der Waals surface area contributed by atoms with Crippen molar-refractivity contribution in [2.75, 3.05) is 18.5 Å². The van der Waals surface area contributed by atoms with Gasteiger partial charge in [0.2, 0.25) is 0 Å². The van der Waals surface area contributed by atoms with E-state index in [1.807, 2.05) is 35.7 Å². The fourth-order valence-electron chi connectivity index (χ4n) is 2.60. The summed E-state index contributed by atoms with van der Waals surface area (Å²) in [6.07, 6.45) is 0.772. The van der Waals surface area contributed by atoms with Crippen molar-refractivity contribution >= 4 is 34.0 Å². The Bertz CT molecular complexity index is 943. The van der Waals surface area contributed by atoms with Gasteiger partial charge in [-0.2, -0.15) is 0 Å². The average Bonchev–Trinajstić information content (AvgIpc) is 2.98. The molecule has 0 saturated heterocycles. The molecule has 132 valence electrons. The molecule has 1 aliphatic rings. The zero-order chi connectivity index (χ0) is 17.9. The summed E-state index contributed by atoms with van der Waals surface area (Å²) in [6, 6.07) is 13.0. The minimum Gasteiger partial charge on any atom is -0.489 e. The summed E-state index contributed by atoms with van der Waals surface area (Å²) in [6.45, 7) is 1.07. The molecule has 0 saturated carbocycles. The Hall–Kier alpha value is -2.57. The lowest BCUT2D eigenvalue weighted by atomic mass is 10.2. The minimum atomic E-state index is -0.295. The van der Waals surface area contributed by atoms with Gasteiger partial charge in [0, 0.05) is 22.9 Å². The number of aromatic nitrogens is 1. The highest BCUT2D eigenvalue weighted by Gasteiger charge is 2.19. The number of halogens is 1. The summed E-state index contributed by atoms with van der Waals surface area (Å²) in [5, 5.41) is 5.61. The third kappa shape index (κ3) is 3.52. The molecule has 0 fully saturated rings. The molecule has 7 heteroatoms. The topological polar surface area (TPSA) is 60.5 Å². The van der Waals surface area contributed by atoms with Gasteiger partial charge < -0.3 is 9.47 Å². The smallest absolute Gasteiger partial charge is 0.257 e. The maximum absolute atomic E-state index is 12.6. The normalized spacial score (nSPS) is 13.1. The first-order chi connectivity index (χ1) is 12.7. The minimum absolute atomic E-state index is 0.295. The molecule has 0 radical (unpaired) electrons. The number of nitrogens with one attached hydrogen (secondary N) is 1. The lowest BCUT2D eigenvalue weighted by Crippen LogP contribution is -2.12. The van der Waals surface area contributed by atoms with Crippen molar-refractivity contribution in [3.05, 3.63) is 58.4 Å². The first kappa shape index (κ1) is 16.9. The third-order valence-electron chi connectivity index (χ3n) is 3.86. The average molecular weight is 387 g/mol. The first-order valence-electron chi connectivity index (χ1n) is 8.12. The quantitative estimate of drug-likeness (QED) is 0.697. The van der Waals surface area contributed by atoms with E-state index in [-0.39, 0.29) is 5.91 Å². The second-order valence-electron chi connectivity index (χ2n) is 5.69. The van der Waals surface area contributed by atoms with Crippen LogP contribution in [0.4, 0.5) is 5.13 Å². The number of carbonyl (C=O) groups excluding carboxylic acids is 1. The van der Waals surface area contributed by atoms with Crippen molar-refractivity contribution < 1.29 is 14.3 Å². The van der Waals surface area contributed by atoms with E-state index in [0.717, 1.165) is 17.7 Å². The summed E-state index contributed by atoms with van der Waals surface area (Å²) in [7, 11) is 0. The van der Waals surface area contributed by atoms with Crippen LogP contribution in [-0.2, 0) is 0 Å². The number of rotatable bonds is 3. The van der Waals surface area contributed by atoms with E-state index in [4.69, 9.17) is 21.1 Å². The van der Waals surface area contributed by atoms with Crippen LogP contribution < -0.4 is 14.8 Å². The predicted octanol–water partition coefficient (Wildman–Crippen LogP) is 4.88. The van der Waals surface area contributed by atoms with Crippen molar-refractivity contribution in [1.82, 2.24) is 4.98 Å². The lowest BCUT2D eigenvalue weighted by Gasteiger charge is -2.11. The molecule has 0 spiro atoms. The van der Waals surface area contributed by atoms with Gasteiger partial charge in [0.15, 0.2) is 16.6 Å². The zero-order valence-electron chi connectivity index (χ0n) is 13.7. The van der Waals surface area contributed by atoms with Gasteiger partial charge in [-0.3, -0.25) is 10.1 Å². The standard InChI is InChI=1S/C19H15ClN2O3S/c20-14-9-13(10-16-17(14)25-8-4-7-24-16)18(23)22-19-21-15(11-26-19)12-5-2-1-3-6-12/h1-3,5-6,9-11H,4,7-8H2,(H,21,22,23). The van der Waals surface area contributed by atoms with Gasteiger partial charge in [-0.05, 0) is 12.1 Å². The van der Waals surface area contributed by atoms with Gasteiger partial charge in [-0.25, -0.2) is 4.98 Å². The molecule has 3 aromatic rings. The Kier molecular flexibility index (Phi) is 4.77. The van der Waals surface area contributed by atoms with E-state index < -0.39 is 0 Å². The van der Waals surface area contributed by atoms with Crippen molar-refractivity contribution in [3.8, 4) is 22.8 Å². The highest BCUT2D eigenvalue weighted by Crippen LogP contribution is 2.38. The third-order valence-corrected chi connectivity index (χ3v) is 4.90. The van der Waals surface area contributed by atoms with Crippen molar-refractivity contribution in [1.29, 1.82) is 0 Å². The van der Waals surface area contributed by atoms with Gasteiger partial charge in [0.05, 0.1) is 23.9 Å². The van der Waals surface area contributed by atoms with Crippen LogP contribution in [-0.4, -0.2) is 24.1 Å². The highest BCUT2D eigenvalue weighted by molar-refractivity contribution is 7.14. The van der Waals surface area contributed by atoms with E-state index in [0.29, 0.717) is 40.4 Å². The fraction of sp³-hybridized carbons (Fsp3) is 0.158. The Morgan fingerprint density at radius 3 is 2.81 bits per heavy atom. The number of nitrogens with zero attached hydrogens (tertiary/aromatic N) is 1. The maximum atomic E-state index is 12.6. The number of fused-ring (bicyclic) bond motifs is 1. The van der Waals surface area contributed by atoms with Crippen molar-refractivity contribution in [3.63, 3.8) is 0 Å². The molecule has 5 nitrogen and oxygen atoms in total. The number of anilines is 1. The van der Waals surface area contributed by atoms with Gasteiger partial charge in [0.1, 0.15) is 0 Å². The summed E-state index contributed by atoms with van der Waals surface area (Å²) in [4.78, 5) is 17.1. The number of thiazole rings is 1. The molecular weight excluding hydrogens is 372 g/mol. The largest absolute Gasteiger partial charge is 0.489 e. The maximum Gasteiger partial charge on any atom is 0.257 e. The second-order valence-corrected chi connectivity index (χ2v) is 6.96. The van der Waals surface area contributed by atoms with E-state index in [1.54, 1.807) is 12.1 Å². The van der Waals surface area contributed by atoms with Gasteiger partial charge in [-0.15, -0.1) is 11.3 Å². The van der Waals surface area contributed by atoms with Crippen LogP contribution in [0, 0.1) is 0 Å². The molecule has 0 atom stereocenters. The molecule has 1 aliphatic heterocycles. The molecular formula is C19H15ClN2O3S. The summed E-state index contributed by atoms with van der Waals surface area (Å²) >= 11 is 7.62. The Morgan fingerprint density at radius 1 is 1.15 bits per heavy atom. The predicted molar refractivity (Wildman–Crippen MR) is 103 cm³/mol. The van der Waals surface area contributed by atoms with Gasteiger partial charge >= 0.3 is 0 Å².